The number of benzene rings is 1. The predicted octanol–water partition coefficient (Wildman–Crippen LogP) is 0.638. The summed E-state index contributed by atoms with van der Waals surface area (Å²) in [6, 6.07) is 6.17. The molecule has 1 aliphatic rings. The van der Waals surface area contributed by atoms with E-state index in [0.29, 0.717) is 6.54 Å². The van der Waals surface area contributed by atoms with Crippen LogP contribution in [0.1, 0.15) is 29.0 Å². The summed E-state index contributed by atoms with van der Waals surface area (Å²) in [6.45, 7) is 2.86. The van der Waals surface area contributed by atoms with Gasteiger partial charge in [-0.15, -0.1) is 0 Å². The predicted molar refractivity (Wildman–Crippen MR) is 65.5 cm³/mol. The van der Waals surface area contributed by atoms with Gasteiger partial charge in [-0.05, 0) is 30.9 Å². The van der Waals surface area contributed by atoms with Crippen molar-refractivity contribution in [3.05, 3.63) is 34.9 Å². The van der Waals surface area contributed by atoms with Gasteiger partial charge < -0.3 is 5.11 Å². The van der Waals surface area contributed by atoms with Gasteiger partial charge in [-0.1, -0.05) is 23.8 Å². The number of aryl methyl sites for hydroxylation is 2. The van der Waals surface area contributed by atoms with Crippen molar-refractivity contribution in [1.82, 2.24) is 10.9 Å². The molecule has 2 rings (SSSR count). The second kappa shape index (κ2) is 5.29. The normalized spacial score (nSPS) is 19.4. The van der Waals surface area contributed by atoms with Crippen LogP contribution >= 0.6 is 0 Å². The fourth-order valence-electron chi connectivity index (χ4n) is 2.23. The van der Waals surface area contributed by atoms with Crippen LogP contribution in [0.4, 0.5) is 0 Å². The fraction of sp³-hybridized carbons (Fsp3) is 0.462. The molecule has 17 heavy (non-hydrogen) atoms. The van der Waals surface area contributed by atoms with Gasteiger partial charge >= 0.3 is 0 Å². The van der Waals surface area contributed by atoms with Crippen LogP contribution in [0, 0.1) is 6.92 Å². The molecule has 92 valence electrons. The summed E-state index contributed by atoms with van der Waals surface area (Å²) in [5.74, 6) is -0.0802. The van der Waals surface area contributed by atoms with Gasteiger partial charge in [-0.2, -0.15) is 0 Å². The van der Waals surface area contributed by atoms with E-state index in [4.69, 9.17) is 5.11 Å². The number of aliphatic hydroxyl groups excluding tert-OH is 1. The van der Waals surface area contributed by atoms with Crippen molar-refractivity contribution in [3.63, 3.8) is 0 Å². The molecule has 1 heterocycles. The van der Waals surface area contributed by atoms with E-state index >= 15 is 0 Å². The topological polar surface area (TPSA) is 61.4 Å². The number of amides is 1. The highest BCUT2D eigenvalue weighted by Gasteiger charge is 2.27. The van der Waals surface area contributed by atoms with Crippen molar-refractivity contribution in [2.75, 3.05) is 13.2 Å². The van der Waals surface area contributed by atoms with Crippen LogP contribution in [0.25, 0.3) is 0 Å². The van der Waals surface area contributed by atoms with Crippen LogP contribution in [0.5, 0.6) is 0 Å². The Kier molecular flexibility index (Phi) is 3.76. The largest absolute Gasteiger partial charge is 0.396 e. The zero-order valence-corrected chi connectivity index (χ0v) is 9.99. The van der Waals surface area contributed by atoms with E-state index < -0.39 is 0 Å². The monoisotopic (exact) mass is 234 g/mol. The first kappa shape index (κ1) is 12.1. The molecule has 1 aromatic rings. The van der Waals surface area contributed by atoms with E-state index in [0.717, 1.165) is 18.4 Å². The third-order valence-electron chi connectivity index (χ3n) is 3.11. The summed E-state index contributed by atoms with van der Waals surface area (Å²) >= 11 is 0. The highest BCUT2D eigenvalue weighted by molar-refractivity contribution is 5.85. The first-order valence-electron chi connectivity index (χ1n) is 5.95. The molecular formula is C13H18N2O2. The molecule has 1 aromatic carbocycles. The van der Waals surface area contributed by atoms with Crippen molar-refractivity contribution < 1.29 is 9.90 Å². The zero-order valence-electron chi connectivity index (χ0n) is 9.99. The Hall–Kier alpha value is -1.39. The molecule has 1 amide bonds. The molecule has 1 unspecified atom stereocenters. The third-order valence-corrected chi connectivity index (χ3v) is 3.11. The summed E-state index contributed by atoms with van der Waals surface area (Å²) < 4.78 is 0. The Morgan fingerprint density at radius 2 is 2.29 bits per heavy atom. The summed E-state index contributed by atoms with van der Waals surface area (Å²) in [6.07, 6.45) is 1.55. The lowest BCUT2D eigenvalue weighted by molar-refractivity contribution is -0.120. The maximum Gasteiger partial charge on any atom is 0.242 e. The van der Waals surface area contributed by atoms with Crippen molar-refractivity contribution in [1.29, 1.82) is 0 Å². The van der Waals surface area contributed by atoms with Gasteiger partial charge in [-0.3, -0.25) is 10.2 Å². The number of nitrogens with one attached hydrogen (secondary N) is 2. The molecule has 3 N–H and O–H groups in total. The van der Waals surface area contributed by atoms with Gasteiger partial charge in [0.25, 0.3) is 0 Å². The van der Waals surface area contributed by atoms with E-state index in [9.17, 15) is 4.79 Å². The molecule has 1 saturated heterocycles. The van der Waals surface area contributed by atoms with Gasteiger partial charge in [-0.25, -0.2) is 5.43 Å². The number of hydrogen-bond acceptors (Lipinski definition) is 3. The number of hydrazine groups is 1. The minimum atomic E-state index is -0.107. The molecule has 1 aliphatic heterocycles. The third kappa shape index (κ3) is 2.65. The minimum absolute atomic E-state index is 0.0269. The zero-order chi connectivity index (χ0) is 12.3. The fourth-order valence-corrected chi connectivity index (χ4v) is 2.23. The number of hydrogen-bond donors (Lipinski definition) is 3. The summed E-state index contributed by atoms with van der Waals surface area (Å²) in [4.78, 5) is 11.7. The van der Waals surface area contributed by atoms with Crippen molar-refractivity contribution in [2.24, 2.45) is 0 Å². The van der Waals surface area contributed by atoms with Gasteiger partial charge in [0, 0.05) is 13.2 Å². The lowest BCUT2D eigenvalue weighted by atomic mass is 9.91. The van der Waals surface area contributed by atoms with Crippen LogP contribution in [-0.2, 0) is 11.2 Å². The first-order chi connectivity index (χ1) is 8.22. The van der Waals surface area contributed by atoms with Gasteiger partial charge in [0.05, 0.1) is 5.92 Å². The van der Waals surface area contributed by atoms with Gasteiger partial charge in [0.1, 0.15) is 0 Å². The summed E-state index contributed by atoms with van der Waals surface area (Å²) in [7, 11) is 0. The van der Waals surface area contributed by atoms with E-state index in [1.54, 1.807) is 0 Å². The van der Waals surface area contributed by atoms with Gasteiger partial charge in [0.2, 0.25) is 5.91 Å². The average molecular weight is 234 g/mol. The Balaban J connectivity index is 2.28. The molecule has 0 radical (unpaired) electrons. The van der Waals surface area contributed by atoms with Crippen LogP contribution in [0.2, 0.25) is 0 Å². The van der Waals surface area contributed by atoms with Crippen molar-refractivity contribution in [3.8, 4) is 0 Å². The number of rotatable bonds is 4. The van der Waals surface area contributed by atoms with Crippen LogP contribution in [0.15, 0.2) is 18.2 Å². The molecule has 0 bridgehead atoms. The van der Waals surface area contributed by atoms with Gasteiger partial charge in [0.15, 0.2) is 0 Å². The Bertz CT molecular complexity index is 418. The second-order valence-corrected chi connectivity index (χ2v) is 4.45. The van der Waals surface area contributed by atoms with Crippen LogP contribution < -0.4 is 10.9 Å². The van der Waals surface area contributed by atoms with E-state index in [1.165, 1.54) is 11.1 Å². The molecule has 0 spiro atoms. The average Bonchev–Trinajstić information content (AvgIpc) is 2.73. The van der Waals surface area contributed by atoms with Crippen molar-refractivity contribution >= 4 is 5.91 Å². The number of carbonyl (C=O) groups excluding carboxylic acids is 1. The molecule has 0 saturated carbocycles. The van der Waals surface area contributed by atoms with E-state index in [1.807, 2.05) is 19.1 Å². The lowest BCUT2D eigenvalue weighted by Gasteiger charge is -2.13. The van der Waals surface area contributed by atoms with Crippen LogP contribution in [-0.4, -0.2) is 24.2 Å². The lowest BCUT2D eigenvalue weighted by Crippen LogP contribution is -2.26. The Labute approximate surface area is 101 Å². The smallest absolute Gasteiger partial charge is 0.242 e. The van der Waals surface area contributed by atoms with E-state index in [2.05, 4.69) is 16.9 Å². The highest BCUT2D eigenvalue weighted by atomic mass is 16.2. The molecule has 4 heteroatoms. The summed E-state index contributed by atoms with van der Waals surface area (Å²) in [5.41, 5.74) is 8.93. The first-order valence-corrected chi connectivity index (χ1v) is 5.95. The maximum absolute atomic E-state index is 11.7. The maximum atomic E-state index is 11.7. The Morgan fingerprint density at radius 3 is 2.94 bits per heavy atom. The quantitative estimate of drug-likeness (QED) is 0.716. The molecule has 0 aromatic heterocycles. The molecule has 1 atom stereocenters. The molecule has 0 aliphatic carbocycles. The standard InChI is InChI=1S/C13H18N2O2/c1-9-4-5-11(10(7-9)3-2-6-16)12-8-14-15-13(12)17/h4-5,7,12,14,16H,2-3,6,8H2,1H3,(H,15,17). The molecule has 1 fully saturated rings. The number of carbonyl (C=O) groups is 1. The van der Waals surface area contributed by atoms with Crippen LogP contribution in [0.3, 0.4) is 0 Å². The number of aliphatic hydroxyl groups is 1. The molecule has 4 nitrogen and oxygen atoms in total. The summed E-state index contributed by atoms with van der Waals surface area (Å²) in [5, 5.41) is 8.91. The minimum Gasteiger partial charge on any atom is -0.396 e. The van der Waals surface area contributed by atoms with E-state index in [-0.39, 0.29) is 18.4 Å². The SMILES string of the molecule is Cc1ccc(C2CNNC2=O)c(CCCO)c1. The highest BCUT2D eigenvalue weighted by Crippen LogP contribution is 2.24. The van der Waals surface area contributed by atoms with Crippen molar-refractivity contribution in [2.45, 2.75) is 25.7 Å². The second-order valence-electron chi connectivity index (χ2n) is 4.45. The Morgan fingerprint density at radius 1 is 1.47 bits per heavy atom. The molecular weight excluding hydrogens is 216 g/mol.